The summed E-state index contributed by atoms with van der Waals surface area (Å²) >= 11 is 0. The normalized spacial score (nSPS) is 11.8. The van der Waals surface area contributed by atoms with Crippen molar-refractivity contribution in [2.75, 3.05) is 6.54 Å². The lowest BCUT2D eigenvalue weighted by Gasteiger charge is -2.12. The lowest BCUT2D eigenvalue weighted by atomic mass is 10.0. The van der Waals surface area contributed by atoms with Crippen LogP contribution in [0.4, 0.5) is 0 Å². The maximum absolute atomic E-state index is 11.9. The summed E-state index contributed by atoms with van der Waals surface area (Å²) in [5.41, 5.74) is 1.68. The number of nitrogens with zero attached hydrogens (tertiary/aromatic N) is 1. The monoisotopic (exact) mass is 256 g/mol. The molecule has 0 bridgehead atoms. The molecule has 0 radical (unpaired) electrons. The van der Waals surface area contributed by atoms with Crippen LogP contribution in [0.2, 0.25) is 0 Å². The van der Waals surface area contributed by atoms with Crippen LogP contribution in [0.5, 0.6) is 0 Å². The van der Waals surface area contributed by atoms with E-state index in [0.717, 1.165) is 0 Å². The highest BCUT2D eigenvalue weighted by Crippen LogP contribution is 2.13. The number of hydrogen-bond acceptors (Lipinski definition) is 2. The molecule has 0 fully saturated rings. The average molecular weight is 256 g/mol. The molecule has 19 heavy (non-hydrogen) atoms. The van der Waals surface area contributed by atoms with E-state index < -0.39 is 0 Å². The lowest BCUT2D eigenvalue weighted by Crippen LogP contribution is -2.29. The molecular formula is C15H16N2O2. The molecule has 0 aliphatic heterocycles. The van der Waals surface area contributed by atoms with Crippen molar-refractivity contribution in [3.8, 4) is 0 Å². The molecule has 1 heterocycles. The first-order valence-electron chi connectivity index (χ1n) is 6.19. The molecule has 98 valence electrons. The molecule has 4 nitrogen and oxygen atoms in total. The summed E-state index contributed by atoms with van der Waals surface area (Å²) in [6.45, 7) is 2.63. The second kappa shape index (κ2) is 6.00. The van der Waals surface area contributed by atoms with Gasteiger partial charge < -0.3 is 10.5 Å². The largest absolute Gasteiger partial charge is 0.619 e. The van der Waals surface area contributed by atoms with Gasteiger partial charge in [0.1, 0.15) is 0 Å². The Balaban J connectivity index is 1.92. The molecule has 1 aromatic heterocycles. The molecule has 4 heteroatoms. The van der Waals surface area contributed by atoms with Crippen LogP contribution in [-0.2, 0) is 0 Å². The zero-order valence-electron chi connectivity index (χ0n) is 10.7. The van der Waals surface area contributed by atoms with Gasteiger partial charge in [0, 0.05) is 18.7 Å². The molecule has 0 unspecified atom stereocenters. The van der Waals surface area contributed by atoms with Crippen molar-refractivity contribution in [2.24, 2.45) is 0 Å². The molecule has 2 rings (SSSR count). The molecule has 0 aliphatic rings. The quantitative estimate of drug-likeness (QED) is 0.670. The number of hydrogen-bond donors (Lipinski definition) is 1. The Hall–Kier alpha value is -2.36. The number of rotatable bonds is 4. The second-order valence-corrected chi connectivity index (χ2v) is 4.47. The summed E-state index contributed by atoms with van der Waals surface area (Å²) in [4.78, 5) is 11.9. The fourth-order valence-electron chi connectivity index (χ4n) is 1.81. The summed E-state index contributed by atoms with van der Waals surface area (Å²) in [7, 11) is 0. The fraction of sp³-hybridized carbons (Fsp3) is 0.200. The maximum atomic E-state index is 11.9. The van der Waals surface area contributed by atoms with Crippen LogP contribution >= 0.6 is 0 Å². The van der Waals surface area contributed by atoms with Crippen LogP contribution in [0.1, 0.15) is 28.8 Å². The van der Waals surface area contributed by atoms with Gasteiger partial charge in [-0.1, -0.05) is 37.3 Å². The first-order valence-corrected chi connectivity index (χ1v) is 6.19. The van der Waals surface area contributed by atoms with Gasteiger partial charge in [0.05, 0.1) is 5.56 Å². The van der Waals surface area contributed by atoms with Crippen molar-refractivity contribution in [3.05, 3.63) is 71.2 Å². The van der Waals surface area contributed by atoms with Crippen LogP contribution < -0.4 is 10.0 Å². The Labute approximate surface area is 112 Å². The van der Waals surface area contributed by atoms with E-state index in [4.69, 9.17) is 0 Å². The molecule has 1 atom stereocenters. The molecule has 2 aromatic rings. The van der Waals surface area contributed by atoms with Gasteiger partial charge in [-0.05, 0) is 11.5 Å². The van der Waals surface area contributed by atoms with Crippen molar-refractivity contribution in [1.29, 1.82) is 0 Å². The Morgan fingerprint density at radius 2 is 1.84 bits per heavy atom. The number of nitrogens with one attached hydrogen (secondary N) is 1. The molecular weight excluding hydrogens is 240 g/mol. The fourth-order valence-corrected chi connectivity index (χ4v) is 1.81. The van der Waals surface area contributed by atoms with Crippen LogP contribution in [0.25, 0.3) is 0 Å². The highest BCUT2D eigenvalue weighted by atomic mass is 16.5. The van der Waals surface area contributed by atoms with E-state index in [9.17, 15) is 10.0 Å². The Bertz CT molecular complexity index is 538. The Morgan fingerprint density at radius 3 is 2.47 bits per heavy atom. The third kappa shape index (κ3) is 3.55. The number of carbonyl (C=O) groups is 1. The predicted octanol–water partition coefficient (Wildman–Crippen LogP) is 1.85. The average Bonchev–Trinajstić information content (AvgIpc) is 2.46. The van der Waals surface area contributed by atoms with Crippen molar-refractivity contribution in [2.45, 2.75) is 12.8 Å². The van der Waals surface area contributed by atoms with E-state index in [0.29, 0.717) is 16.8 Å². The standard InChI is InChI=1S/C15H16N2O2/c1-12(13-5-3-2-4-6-13)11-16-15(18)14-7-9-17(19)10-8-14/h2-10,12H,11H2,1H3,(H,16,18)/t12-/m0/s1. The van der Waals surface area contributed by atoms with Crippen molar-refractivity contribution in [1.82, 2.24) is 5.32 Å². The number of carbonyl (C=O) groups excluding carboxylic acids is 1. The third-order valence-electron chi connectivity index (χ3n) is 3.00. The van der Waals surface area contributed by atoms with Crippen LogP contribution in [-0.4, -0.2) is 12.5 Å². The van der Waals surface area contributed by atoms with E-state index >= 15 is 0 Å². The Kier molecular flexibility index (Phi) is 4.13. The van der Waals surface area contributed by atoms with Gasteiger partial charge in [0.15, 0.2) is 12.4 Å². The molecule has 0 spiro atoms. The van der Waals surface area contributed by atoms with E-state index in [1.807, 2.05) is 30.3 Å². The smallest absolute Gasteiger partial charge is 0.251 e. The topological polar surface area (TPSA) is 56.0 Å². The maximum Gasteiger partial charge on any atom is 0.251 e. The van der Waals surface area contributed by atoms with Gasteiger partial charge in [0.25, 0.3) is 5.91 Å². The van der Waals surface area contributed by atoms with Crippen molar-refractivity contribution in [3.63, 3.8) is 0 Å². The number of benzene rings is 1. The van der Waals surface area contributed by atoms with Gasteiger partial charge >= 0.3 is 0 Å². The van der Waals surface area contributed by atoms with Gasteiger partial charge in [-0.3, -0.25) is 4.79 Å². The summed E-state index contributed by atoms with van der Waals surface area (Å²) < 4.78 is 0.656. The van der Waals surface area contributed by atoms with E-state index in [1.165, 1.54) is 30.1 Å². The molecule has 1 aromatic carbocycles. The first-order chi connectivity index (χ1) is 9.16. The van der Waals surface area contributed by atoms with Crippen molar-refractivity contribution < 1.29 is 9.52 Å². The van der Waals surface area contributed by atoms with Gasteiger partial charge in [-0.25, -0.2) is 0 Å². The summed E-state index contributed by atoms with van der Waals surface area (Å²) in [5.74, 6) is 0.0849. The molecule has 1 amide bonds. The zero-order chi connectivity index (χ0) is 13.7. The van der Waals surface area contributed by atoms with E-state index in [1.54, 1.807) is 0 Å². The highest BCUT2D eigenvalue weighted by molar-refractivity contribution is 5.93. The minimum absolute atomic E-state index is 0.164. The van der Waals surface area contributed by atoms with Crippen LogP contribution in [0.3, 0.4) is 0 Å². The van der Waals surface area contributed by atoms with Gasteiger partial charge in [0.2, 0.25) is 0 Å². The zero-order valence-corrected chi connectivity index (χ0v) is 10.7. The summed E-state index contributed by atoms with van der Waals surface area (Å²) in [5, 5.41) is 13.7. The minimum Gasteiger partial charge on any atom is -0.619 e. The molecule has 0 saturated carbocycles. The van der Waals surface area contributed by atoms with E-state index in [-0.39, 0.29) is 11.8 Å². The van der Waals surface area contributed by atoms with Gasteiger partial charge in [-0.2, -0.15) is 4.73 Å². The Morgan fingerprint density at radius 1 is 1.21 bits per heavy atom. The highest BCUT2D eigenvalue weighted by Gasteiger charge is 2.09. The summed E-state index contributed by atoms with van der Waals surface area (Å²) in [6, 6.07) is 13.0. The van der Waals surface area contributed by atoms with E-state index in [2.05, 4.69) is 12.2 Å². The van der Waals surface area contributed by atoms with Crippen LogP contribution in [0.15, 0.2) is 54.9 Å². The number of pyridine rings is 1. The lowest BCUT2D eigenvalue weighted by molar-refractivity contribution is -0.605. The number of amides is 1. The number of aromatic nitrogens is 1. The third-order valence-corrected chi connectivity index (χ3v) is 3.00. The molecule has 1 N–H and O–H groups in total. The summed E-state index contributed by atoms with van der Waals surface area (Å²) in [6.07, 6.45) is 2.63. The minimum atomic E-state index is -0.164. The van der Waals surface area contributed by atoms with Crippen molar-refractivity contribution >= 4 is 5.91 Å². The first kappa shape index (κ1) is 13.1. The van der Waals surface area contributed by atoms with Gasteiger partial charge in [-0.15, -0.1) is 0 Å². The SMILES string of the molecule is C[C@@H](CNC(=O)c1cc[n+]([O-])cc1)c1ccccc1. The second-order valence-electron chi connectivity index (χ2n) is 4.47. The predicted molar refractivity (Wildman–Crippen MR) is 72.6 cm³/mol. The van der Waals surface area contributed by atoms with Crippen LogP contribution in [0, 0.1) is 5.21 Å². The molecule has 0 saturated heterocycles. The molecule has 0 aliphatic carbocycles.